The van der Waals surface area contributed by atoms with Crippen molar-refractivity contribution in [2.24, 2.45) is 0 Å². The number of carbonyl (C=O) groups excluding carboxylic acids is 1. The lowest BCUT2D eigenvalue weighted by molar-refractivity contribution is -0.140. The van der Waals surface area contributed by atoms with Crippen molar-refractivity contribution in [2.45, 2.75) is 64.3 Å². The standard InChI is InChI=1S/C14H27IO3Si/c1-14(2,3)19(5,6)18-12(10-11-15)8-7-9-13(16)17-4/h10-12H,7-9H2,1-6H3/b11-10+/t12-/m0/s1. The normalized spacial score (nSPS) is 14.7. The molecule has 0 amide bonds. The van der Waals surface area contributed by atoms with Gasteiger partial charge in [-0.15, -0.1) is 0 Å². The van der Waals surface area contributed by atoms with Crippen LogP contribution in [-0.4, -0.2) is 27.5 Å². The summed E-state index contributed by atoms with van der Waals surface area (Å²) in [5.74, 6) is -0.149. The summed E-state index contributed by atoms with van der Waals surface area (Å²) < 4.78 is 13.0. The summed E-state index contributed by atoms with van der Waals surface area (Å²) in [7, 11) is -0.334. The molecule has 19 heavy (non-hydrogen) atoms. The highest BCUT2D eigenvalue weighted by Gasteiger charge is 2.38. The minimum Gasteiger partial charge on any atom is -0.469 e. The molecule has 3 nitrogen and oxygen atoms in total. The maximum absolute atomic E-state index is 11.1. The van der Waals surface area contributed by atoms with Crippen molar-refractivity contribution < 1.29 is 14.0 Å². The molecule has 0 aromatic heterocycles. The average Bonchev–Trinajstić information content (AvgIpc) is 2.27. The predicted octanol–water partition coefficient (Wildman–Crippen LogP) is 4.67. The molecule has 0 aliphatic rings. The molecule has 0 aromatic carbocycles. The first-order valence-corrected chi connectivity index (χ1v) is 10.8. The lowest BCUT2D eigenvalue weighted by atomic mass is 10.1. The average molecular weight is 398 g/mol. The van der Waals surface area contributed by atoms with Crippen LogP contribution in [0.5, 0.6) is 0 Å². The van der Waals surface area contributed by atoms with E-state index in [-0.39, 0.29) is 17.1 Å². The Kier molecular flexibility index (Phi) is 8.47. The van der Waals surface area contributed by atoms with Crippen molar-refractivity contribution in [1.82, 2.24) is 0 Å². The summed E-state index contributed by atoms with van der Waals surface area (Å²) in [5.41, 5.74) is 0. The van der Waals surface area contributed by atoms with E-state index >= 15 is 0 Å². The fraction of sp³-hybridized carbons (Fsp3) is 0.786. The van der Waals surface area contributed by atoms with Gasteiger partial charge in [-0.3, -0.25) is 4.79 Å². The Morgan fingerprint density at radius 1 is 1.37 bits per heavy atom. The smallest absolute Gasteiger partial charge is 0.305 e. The number of esters is 1. The first-order valence-electron chi connectivity index (χ1n) is 6.65. The molecule has 112 valence electrons. The van der Waals surface area contributed by atoms with Gasteiger partial charge in [-0.1, -0.05) is 49.4 Å². The van der Waals surface area contributed by atoms with Gasteiger partial charge in [-0.05, 0) is 35.1 Å². The molecule has 0 saturated heterocycles. The van der Waals surface area contributed by atoms with Crippen LogP contribution in [0.25, 0.3) is 0 Å². The number of halogens is 1. The molecule has 0 aromatic rings. The summed E-state index contributed by atoms with van der Waals surface area (Å²) >= 11 is 2.21. The van der Waals surface area contributed by atoms with Crippen molar-refractivity contribution >= 4 is 36.9 Å². The van der Waals surface area contributed by atoms with Crippen molar-refractivity contribution in [3.63, 3.8) is 0 Å². The van der Waals surface area contributed by atoms with E-state index in [1.807, 2.05) is 4.08 Å². The van der Waals surface area contributed by atoms with E-state index in [4.69, 9.17) is 4.43 Å². The maximum atomic E-state index is 11.1. The minimum absolute atomic E-state index is 0.0995. The number of methoxy groups -OCH3 is 1. The molecule has 0 heterocycles. The van der Waals surface area contributed by atoms with Crippen LogP contribution >= 0.6 is 22.6 Å². The highest BCUT2D eigenvalue weighted by Crippen LogP contribution is 2.37. The molecule has 0 unspecified atom stereocenters. The second kappa shape index (κ2) is 8.41. The van der Waals surface area contributed by atoms with Crippen LogP contribution in [0.3, 0.4) is 0 Å². The largest absolute Gasteiger partial charge is 0.469 e. The molecular formula is C14H27IO3Si. The zero-order chi connectivity index (χ0) is 15.1. The quantitative estimate of drug-likeness (QED) is 0.355. The Labute approximate surface area is 132 Å². The van der Waals surface area contributed by atoms with E-state index in [1.165, 1.54) is 7.11 Å². The SMILES string of the molecule is COC(=O)CCC[C@@H](/C=C/I)O[Si](C)(C)C(C)(C)C. The Morgan fingerprint density at radius 2 is 1.95 bits per heavy atom. The molecular weight excluding hydrogens is 371 g/mol. The lowest BCUT2D eigenvalue weighted by Gasteiger charge is -2.38. The van der Waals surface area contributed by atoms with E-state index in [1.54, 1.807) is 0 Å². The van der Waals surface area contributed by atoms with Gasteiger partial charge >= 0.3 is 5.97 Å². The number of hydrogen-bond donors (Lipinski definition) is 0. The lowest BCUT2D eigenvalue weighted by Crippen LogP contribution is -2.43. The molecule has 0 rings (SSSR count). The Balaban J connectivity index is 4.46. The first-order chi connectivity index (χ1) is 8.64. The van der Waals surface area contributed by atoms with E-state index < -0.39 is 8.32 Å². The second-order valence-electron chi connectivity index (χ2n) is 6.20. The maximum Gasteiger partial charge on any atom is 0.305 e. The number of carbonyl (C=O) groups is 1. The molecule has 0 aliphatic carbocycles. The Morgan fingerprint density at radius 3 is 2.37 bits per heavy atom. The zero-order valence-corrected chi connectivity index (χ0v) is 16.1. The molecule has 0 bridgehead atoms. The Hall–Kier alpha value is 0.117. The van der Waals surface area contributed by atoms with Gasteiger partial charge < -0.3 is 9.16 Å². The molecule has 0 fully saturated rings. The summed E-state index contributed by atoms with van der Waals surface area (Å²) in [6.45, 7) is 11.2. The minimum atomic E-state index is -1.76. The van der Waals surface area contributed by atoms with E-state index in [2.05, 4.69) is 67.3 Å². The number of rotatable bonds is 7. The van der Waals surface area contributed by atoms with Gasteiger partial charge in [0, 0.05) is 6.42 Å². The third-order valence-electron chi connectivity index (χ3n) is 3.64. The van der Waals surface area contributed by atoms with Crippen LogP contribution < -0.4 is 0 Å². The van der Waals surface area contributed by atoms with Crippen molar-refractivity contribution in [3.8, 4) is 0 Å². The number of ether oxygens (including phenoxy) is 1. The molecule has 0 aliphatic heterocycles. The monoisotopic (exact) mass is 398 g/mol. The predicted molar refractivity (Wildman–Crippen MR) is 91.1 cm³/mol. The fourth-order valence-corrected chi connectivity index (χ4v) is 3.15. The van der Waals surface area contributed by atoms with Crippen LogP contribution in [0.2, 0.25) is 18.1 Å². The summed E-state index contributed by atoms with van der Waals surface area (Å²) in [5, 5.41) is 0.201. The van der Waals surface area contributed by atoms with Gasteiger partial charge in [-0.2, -0.15) is 0 Å². The van der Waals surface area contributed by atoms with Crippen LogP contribution in [0.15, 0.2) is 10.2 Å². The molecule has 0 N–H and O–H groups in total. The highest BCUT2D eigenvalue weighted by atomic mass is 127. The van der Waals surface area contributed by atoms with Gasteiger partial charge in [0.2, 0.25) is 0 Å². The van der Waals surface area contributed by atoms with Crippen LogP contribution in [0.4, 0.5) is 0 Å². The topological polar surface area (TPSA) is 35.5 Å². The zero-order valence-electron chi connectivity index (χ0n) is 13.0. The van der Waals surface area contributed by atoms with Crippen molar-refractivity contribution in [3.05, 3.63) is 10.2 Å². The van der Waals surface area contributed by atoms with Gasteiger partial charge in [-0.25, -0.2) is 0 Å². The van der Waals surface area contributed by atoms with Gasteiger partial charge in [0.15, 0.2) is 8.32 Å². The summed E-state index contributed by atoms with van der Waals surface area (Å²) in [4.78, 5) is 11.1. The van der Waals surface area contributed by atoms with Crippen LogP contribution in [0, 0.1) is 0 Å². The summed E-state index contributed by atoms with van der Waals surface area (Å²) in [6.07, 6.45) is 4.30. The third kappa shape index (κ3) is 7.46. The molecule has 0 saturated carbocycles. The Bertz CT molecular complexity index is 308. The van der Waals surface area contributed by atoms with Crippen molar-refractivity contribution in [2.75, 3.05) is 7.11 Å². The highest BCUT2D eigenvalue weighted by molar-refractivity contribution is 14.1. The summed E-state index contributed by atoms with van der Waals surface area (Å²) in [6, 6.07) is 0. The van der Waals surface area contributed by atoms with Crippen LogP contribution in [0.1, 0.15) is 40.0 Å². The van der Waals surface area contributed by atoms with Gasteiger partial charge in [0.25, 0.3) is 0 Å². The third-order valence-corrected chi connectivity index (χ3v) is 8.56. The van der Waals surface area contributed by atoms with E-state index in [9.17, 15) is 4.79 Å². The number of hydrogen-bond acceptors (Lipinski definition) is 3. The molecule has 5 heteroatoms. The van der Waals surface area contributed by atoms with Crippen molar-refractivity contribution in [1.29, 1.82) is 0 Å². The first kappa shape index (κ1) is 19.1. The molecule has 0 spiro atoms. The fourth-order valence-electron chi connectivity index (χ4n) is 1.38. The van der Waals surface area contributed by atoms with Gasteiger partial charge in [0.05, 0.1) is 13.2 Å². The van der Waals surface area contributed by atoms with E-state index in [0.29, 0.717) is 6.42 Å². The van der Waals surface area contributed by atoms with E-state index in [0.717, 1.165) is 12.8 Å². The second-order valence-corrected chi connectivity index (χ2v) is 11.7. The molecule has 0 radical (unpaired) electrons. The van der Waals surface area contributed by atoms with Gasteiger partial charge in [0.1, 0.15) is 0 Å². The molecule has 1 atom stereocenters. The van der Waals surface area contributed by atoms with Crippen LogP contribution in [-0.2, 0) is 14.0 Å².